The molecular weight excluding hydrogens is 236 g/mol. The number of hydrogen-bond acceptors (Lipinski definition) is 3. The summed E-state index contributed by atoms with van der Waals surface area (Å²) < 4.78 is 0. The van der Waals surface area contributed by atoms with Crippen molar-refractivity contribution < 1.29 is 4.79 Å². The van der Waals surface area contributed by atoms with Crippen LogP contribution in [0.4, 0.5) is 5.69 Å². The minimum absolute atomic E-state index is 0.154. The molecule has 1 aromatic carbocycles. The maximum absolute atomic E-state index is 12.3. The summed E-state index contributed by atoms with van der Waals surface area (Å²) in [6, 6.07) is 9.76. The number of anilines is 1. The third kappa shape index (κ3) is 2.65. The normalized spacial score (nSPS) is 13.5. The highest BCUT2D eigenvalue weighted by Crippen LogP contribution is 2.23. The fourth-order valence-corrected chi connectivity index (χ4v) is 2.44. The number of nitrogens with one attached hydrogen (secondary N) is 1. The number of pyridine rings is 1. The second-order valence-corrected chi connectivity index (χ2v) is 4.86. The first-order valence-electron chi connectivity index (χ1n) is 6.62. The monoisotopic (exact) mass is 252 g/mol. The van der Waals surface area contributed by atoms with Crippen LogP contribution in [0.2, 0.25) is 0 Å². The Morgan fingerprint density at radius 2 is 2.26 bits per heavy atom. The zero-order chi connectivity index (χ0) is 13.1. The Kier molecular flexibility index (Phi) is 3.27. The number of aryl methyl sites for hydroxylation is 1. The number of benzene rings is 1. The van der Waals surface area contributed by atoms with Gasteiger partial charge in [0.15, 0.2) is 5.78 Å². The zero-order valence-electron chi connectivity index (χ0n) is 10.7. The summed E-state index contributed by atoms with van der Waals surface area (Å²) in [7, 11) is 0. The molecule has 2 aromatic rings. The summed E-state index contributed by atoms with van der Waals surface area (Å²) in [6.45, 7) is 1.02. The predicted octanol–water partition coefficient (Wildman–Crippen LogP) is 2.87. The SMILES string of the molecule is O=C(Cc1cccnc1)c1ccc2c(c1)CCCN2. The van der Waals surface area contributed by atoms with Crippen LogP contribution < -0.4 is 5.32 Å². The van der Waals surface area contributed by atoms with Crippen molar-refractivity contribution in [3.63, 3.8) is 0 Å². The van der Waals surface area contributed by atoms with Gasteiger partial charge in [0, 0.05) is 36.6 Å². The summed E-state index contributed by atoms with van der Waals surface area (Å²) in [6.07, 6.45) is 6.07. The van der Waals surface area contributed by atoms with E-state index in [0.29, 0.717) is 6.42 Å². The second kappa shape index (κ2) is 5.22. The van der Waals surface area contributed by atoms with E-state index in [4.69, 9.17) is 0 Å². The molecule has 0 saturated carbocycles. The average molecular weight is 252 g/mol. The molecule has 1 aliphatic heterocycles. The van der Waals surface area contributed by atoms with Crippen LogP contribution in [0.5, 0.6) is 0 Å². The Morgan fingerprint density at radius 1 is 1.32 bits per heavy atom. The standard InChI is InChI=1S/C16H16N2O/c19-16(9-12-3-1-7-17-11-12)14-5-6-15-13(10-14)4-2-8-18-15/h1,3,5-7,10-11,18H,2,4,8-9H2. The van der Waals surface area contributed by atoms with Crippen molar-refractivity contribution in [1.82, 2.24) is 4.98 Å². The first-order chi connectivity index (χ1) is 9.33. The molecule has 0 aliphatic carbocycles. The highest BCUT2D eigenvalue weighted by atomic mass is 16.1. The lowest BCUT2D eigenvalue weighted by Gasteiger charge is -2.18. The lowest BCUT2D eigenvalue weighted by atomic mass is 9.97. The van der Waals surface area contributed by atoms with Gasteiger partial charge in [-0.1, -0.05) is 6.07 Å². The fourth-order valence-electron chi connectivity index (χ4n) is 2.44. The van der Waals surface area contributed by atoms with E-state index in [0.717, 1.165) is 30.5 Å². The topological polar surface area (TPSA) is 42.0 Å². The minimum atomic E-state index is 0.154. The van der Waals surface area contributed by atoms with Gasteiger partial charge in [-0.15, -0.1) is 0 Å². The molecule has 1 aromatic heterocycles. The van der Waals surface area contributed by atoms with Crippen molar-refractivity contribution in [3.8, 4) is 0 Å². The minimum Gasteiger partial charge on any atom is -0.385 e. The van der Waals surface area contributed by atoms with E-state index in [2.05, 4.69) is 10.3 Å². The number of ketones is 1. The quantitative estimate of drug-likeness (QED) is 0.854. The van der Waals surface area contributed by atoms with Gasteiger partial charge in [0.25, 0.3) is 0 Å². The highest BCUT2D eigenvalue weighted by molar-refractivity contribution is 5.98. The van der Waals surface area contributed by atoms with E-state index >= 15 is 0 Å². The molecule has 0 bridgehead atoms. The summed E-state index contributed by atoms with van der Waals surface area (Å²) in [5.74, 6) is 0.154. The number of nitrogens with zero attached hydrogens (tertiary/aromatic N) is 1. The third-order valence-electron chi connectivity index (χ3n) is 3.45. The van der Waals surface area contributed by atoms with E-state index in [-0.39, 0.29) is 5.78 Å². The molecule has 96 valence electrons. The molecule has 19 heavy (non-hydrogen) atoms. The Morgan fingerprint density at radius 3 is 3.11 bits per heavy atom. The molecule has 2 heterocycles. The number of aromatic nitrogens is 1. The molecular formula is C16H16N2O. The van der Waals surface area contributed by atoms with Gasteiger partial charge in [-0.2, -0.15) is 0 Å². The third-order valence-corrected chi connectivity index (χ3v) is 3.45. The Labute approximate surface area is 112 Å². The molecule has 3 heteroatoms. The average Bonchev–Trinajstić information content (AvgIpc) is 2.48. The first kappa shape index (κ1) is 11.9. The number of carbonyl (C=O) groups is 1. The number of rotatable bonds is 3. The van der Waals surface area contributed by atoms with Gasteiger partial charge in [0.1, 0.15) is 0 Å². The van der Waals surface area contributed by atoms with Crippen LogP contribution in [-0.2, 0) is 12.8 Å². The molecule has 0 spiro atoms. The van der Waals surface area contributed by atoms with Crippen molar-refractivity contribution in [2.75, 3.05) is 11.9 Å². The van der Waals surface area contributed by atoms with Gasteiger partial charge in [0.05, 0.1) is 0 Å². The molecule has 0 radical (unpaired) electrons. The van der Waals surface area contributed by atoms with Gasteiger partial charge in [-0.3, -0.25) is 9.78 Å². The van der Waals surface area contributed by atoms with Crippen LogP contribution in [0.15, 0.2) is 42.7 Å². The lowest BCUT2D eigenvalue weighted by molar-refractivity contribution is 0.0993. The van der Waals surface area contributed by atoms with Crippen LogP contribution in [0, 0.1) is 0 Å². The highest BCUT2D eigenvalue weighted by Gasteiger charge is 2.12. The van der Waals surface area contributed by atoms with Gasteiger partial charge in [-0.25, -0.2) is 0 Å². The summed E-state index contributed by atoms with van der Waals surface area (Å²) in [4.78, 5) is 16.3. The zero-order valence-corrected chi connectivity index (χ0v) is 10.7. The predicted molar refractivity (Wildman–Crippen MR) is 75.5 cm³/mol. The molecule has 1 N–H and O–H groups in total. The molecule has 0 amide bonds. The Bertz CT molecular complexity index is 593. The maximum atomic E-state index is 12.3. The maximum Gasteiger partial charge on any atom is 0.167 e. The summed E-state index contributed by atoms with van der Waals surface area (Å²) in [5.41, 5.74) is 4.18. The number of hydrogen-bond donors (Lipinski definition) is 1. The van der Waals surface area contributed by atoms with Crippen molar-refractivity contribution in [3.05, 3.63) is 59.4 Å². The molecule has 0 unspecified atom stereocenters. The molecule has 0 saturated heterocycles. The second-order valence-electron chi connectivity index (χ2n) is 4.86. The smallest absolute Gasteiger partial charge is 0.167 e. The molecule has 3 nitrogen and oxygen atoms in total. The first-order valence-corrected chi connectivity index (χ1v) is 6.62. The lowest BCUT2D eigenvalue weighted by Crippen LogP contribution is -2.13. The summed E-state index contributed by atoms with van der Waals surface area (Å²) >= 11 is 0. The van der Waals surface area contributed by atoms with Crippen molar-refractivity contribution in [2.24, 2.45) is 0 Å². The molecule has 1 aliphatic rings. The van der Waals surface area contributed by atoms with Crippen LogP contribution in [0.3, 0.4) is 0 Å². The van der Waals surface area contributed by atoms with E-state index in [1.807, 2.05) is 30.3 Å². The van der Waals surface area contributed by atoms with Gasteiger partial charge in [0.2, 0.25) is 0 Å². The number of fused-ring (bicyclic) bond motifs is 1. The van der Waals surface area contributed by atoms with Gasteiger partial charge in [-0.05, 0) is 48.2 Å². The number of Topliss-reactive ketones (excluding diaryl/α,β-unsaturated/α-hetero) is 1. The summed E-state index contributed by atoms with van der Waals surface area (Å²) in [5, 5.41) is 3.36. The molecule has 0 fully saturated rings. The van der Waals surface area contributed by atoms with Crippen LogP contribution in [0.25, 0.3) is 0 Å². The van der Waals surface area contributed by atoms with Crippen molar-refractivity contribution in [2.45, 2.75) is 19.3 Å². The Hall–Kier alpha value is -2.16. The van der Waals surface area contributed by atoms with E-state index in [1.165, 1.54) is 11.3 Å². The Balaban J connectivity index is 1.80. The van der Waals surface area contributed by atoms with Gasteiger partial charge >= 0.3 is 0 Å². The van der Waals surface area contributed by atoms with Crippen LogP contribution in [0.1, 0.15) is 27.9 Å². The molecule has 0 atom stereocenters. The van der Waals surface area contributed by atoms with E-state index < -0.39 is 0 Å². The van der Waals surface area contributed by atoms with E-state index in [9.17, 15) is 4.79 Å². The van der Waals surface area contributed by atoms with Crippen molar-refractivity contribution >= 4 is 11.5 Å². The molecule has 3 rings (SSSR count). The van der Waals surface area contributed by atoms with Crippen molar-refractivity contribution in [1.29, 1.82) is 0 Å². The van der Waals surface area contributed by atoms with Crippen LogP contribution in [-0.4, -0.2) is 17.3 Å². The van der Waals surface area contributed by atoms with E-state index in [1.54, 1.807) is 12.4 Å². The largest absolute Gasteiger partial charge is 0.385 e. The van der Waals surface area contributed by atoms with Gasteiger partial charge < -0.3 is 5.32 Å². The fraction of sp³-hybridized carbons (Fsp3) is 0.250. The number of carbonyl (C=O) groups excluding carboxylic acids is 1. The van der Waals surface area contributed by atoms with Crippen LogP contribution >= 0.6 is 0 Å².